The highest BCUT2D eigenvalue weighted by Gasteiger charge is 2.67. The summed E-state index contributed by atoms with van der Waals surface area (Å²) in [4.78, 5) is 25.7. The monoisotopic (exact) mass is 558 g/mol. The van der Waals surface area contributed by atoms with Crippen molar-refractivity contribution in [3.63, 3.8) is 0 Å². The lowest BCUT2D eigenvalue weighted by Gasteiger charge is -2.10. The minimum Gasteiger partial charge on any atom is -0.326 e. The average molecular weight is 561 g/mol. The van der Waals surface area contributed by atoms with Crippen LogP contribution in [0.2, 0.25) is 15.1 Å². The van der Waals surface area contributed by atoms with Crippen LogP contribution in [0, 0.1) is 18.7 Å². The van der Waals surface area contributed by atoms with E-state index in [1.165, 1.54) is 36.4 Å². The number of rotatable bonds is 5. The maximum Gasteiger partial charge on any atom is 0.257 e. The van der Waals surface area contributed by atoms with Crippen molar-refractivity contribution in [3.05, 3.63) is 92.2 Å². The Balaban J connectivity index is 1.51. The van der Waals surface area contributed by atoms with Gasteiger partial charge in [-0.3, -0.25) is 9.59 Å². The zero-order valence-electron chi connectivity index (χ0n) is 17.4. The zero-order chi connectivity index (χ0) is 24.8. The van der Waals surface area contributed by atoms with Crippen molar-refractivity contribution >= 4 is 81.2 Å². The van der Waals surface area contributed by atoms with Gasteiger partial charge in [0.1, 0.15) is 10.2 Å². The normalized spacial score (nSPS) is 18.3. The fraction of sp³-hybridized carbons (Fsp3) is 0.167. The Morgan fingerprint density at radius 3 is 2.06 bits per heavy atom. The van der Waals surface area contributed by atoms with Crippen molar-refractivity contribution in [2.24, 2.45) is 5.92 Å². The summed E-state index contributed by atoms with van der Waals surface area (Å²) in [5.41, 5.74) is 2.21. The highest BCUT2D eigenvalue weighted by atomic mass is 35.5. The molecule has 2 N–H and O–H groups in total. The minimum absolute atomic E-state index is 0.122. The molecule has 4 rings (SSSR count). The second kappa shape index (κ2) is 9.56. The van der Waals surface area contributed by atoms with Crippen molar-refractivity contribution in [1.82, 2.24) is 0 Å². The number of alkyl halides is 2. The van der Waals surface area contributed by atoms with Crippen LogP contribution in [0.3, 0.4) is 0 Å². The molecule has 1 saturated carbocycles. The van der Waals surface area contributed by atoms with Gasteiger partial charge < -0.3 is 10.6 Å². The second-order valence-corrected chi connectivity index (χ2v) is 10.6. The molecular formula is C24H16Cl5FN2O2. The van der Waals surface area contributed by atoms with Crippen LogP contribution in [0.25, 0.3) is 0 Å². The second-order valence-electron chi connectivity index (χ2n) is 7.88. The third kappa shape index (κ3) is 5.00. The Kier molecular flexibility index (Phi) is 7.05. The van der Waals surface area contributed by atoms with Crippen LogP contribution < -0.4 is 10.6 Å². The molecule has 1 aliphatic carbocycles. The highest BCUT2D eigenvalue weighted by molar-refractivity contribution is 6.53. The molecule has 0 saturated heterocycles. The van der Waals surface area contributed by atoms with E-state index in [-0.39, 0.29) is 10.6 Å². The van der Waals surface area contributed by atoms with E-state index < -0.39 is 33.8 Å². The van der Waals surface area contributed by atoms with Gasteiger partial charge in [0.25, 0.3) is 5.91 Å². The summed E-state index contributed by atoms with van der Waals surface area (Å²) in [6.45, 7) is 1.78. The summed E-state index contributed by atoms with van der Waals surface area (Å²) in [5, 5.41) is 6.44. The number of halogens is 6. The Bertz CT molecular complexity index is 1270. The number of amides is 2. The Morgan fingerprint density at radius 2 is 1.44 bits per heavy atom. The lowest BCUT2D eigenvalue weighted by molar-refractivity contribution is -0.117. The molecule has 0 aromatic heterocycles. The number of nitrogens with one attached hydrogen (secondary N) is 2. The quantitative estimate of drug-likeness (QED) is 0.312. The predicted octanol–water partition coefficient (Wildman–Crippen LogP) is 7.87. The first kappa shape index (κ1) is 25.1. The molecule has 34 heavy (non-hydrogen) atoms. The molecule has 0 radical (unpaired) electrons. The van der Waals surface area contributed by atoms with E-state index in [9.17, 15) is 14.0 Å². The van der Waals surface area contributed by atoms with E-state index in [1.54, 1.807) is 25.1 Å². The van der Waals surface area contributed by atoms with Crippen LogP contribution in [0.1, 0.15) is 27.4 Å². The summed E-state index contributed by atoms with van der Waals surface area (Å²) >= 11 is 31.5. The van der Waals surface area contributed by atoms with Gasteiger partial charge in [0.15, 0.2) is 0 Å². The number of hydrogen-bond acceptors (Lipinski definition) is 2. The molecule has 3 aromatic rings. The smallest absolute Gasteiger partial charge is 0.257 e. The maximum atomic E-state index is 13.1. The molecule has 2 amide bonds. The Hall–Kier alpha value is -2.02. The molecule has 0 unspecified atom stereocenters. The van der Waals surface area contributed by atoms with Gasteiger partial charge in [-0.25, -0.2) is 4.39 Å². The molecule has 176 valence electrons. The average Bonchev–Trinajstić information content (AvgIpc) is 3.36. The van der Waals surface area contributed by atoms with Gasteiger partial charge in [-0.1, -0.05) is 34.8 Å². The molecule has 0 aliphatic heterocycles. The molecule has 2 atom stereocenters. The van der Waals surface area contributed by atoms with Crippen molar-refractivity contribution < 1.29 is 14.0 Å². The number of hydrogen-bond donors (Lipinski definition) is 2. The summed E-state index contributed by atoms with van der Waals surface area (Å²) in [7, 11) is 0. The summed E-state index contributed by atoms with van der Waals surface area (Å²) in [5.74, 6) is -2.67. The molecule has 1 fully saturated rings. The van der Waals surface area contributed by atoms with Gasteiger partial charge in [0, 0.05) is 27.3 Å². The van der Waals surface area contributed by atoms with Gasteiger partial charge in [0.05, 0.1) is 16.5 Å². The van der Waals surface area contributed by atoms with E-state index in [0.717, 1.165) is 5.56 Å². The number of carbonyl (C=O) groups is 2. The van der Waals surface area contributed by atoms with E-state index in [1.807, 2.05) is 0 Å². The number of anilines is 2. The topological polar surface area (TPSA) is 58.2 Å². The maximum absolute atomic E-state index is 13.1. The number of carbonyl (C=O) groups excluding carboxylic acids is 2. The van der Waals surface area contributed by atoms with Gasteiger partial charge in [-0.05, 0) is 72.6 Å². The lowest BCUT2D eigenvalue weighted by atomic mass is 10.1. The van der Waals surface area contributed by atoms with Crippen LogP contribution in [-0.4, -0.2) is 16.1 Å². The predicted molar refractivity (Wildman–Crippen MR) is 136 cm³/mol. The standard InChI is InChI=1S/C24H16Cl5FN2O2/c1-11-18(26)8-12(9-19(11)27)20-21(24(20,28)29)23(34)32-15-6-7-17(25)16(10-15)22(33)31-14-4-2-13(30)3-5-14/h2-10,20-21H,1H3,(H,31,33)(H,32,34)/t20-,21+/m0/s1. The first-order valence-electron chi connectivity index (χ1n) is 9.99. The third-order valence-electron chi connectivity index (χ3n) is 5.58. The van der Waals surface area contributed by atoms with Gasteiger partial charge in [-0.2, -0.15) is 0 Å². The highest BCUT2D eigenvalue weighted by Crippen LogP contribution is 2.65. The van der Waals surface area contributed by atoms with Gasteiger partial charge >= 0.3 is 0 Å². The van der Waals surface area contributed by atoms with E-state index in [0.29, 0.717) is 27.0 Å². The first-order chi connectivity index (χ1) is 16.0. The molecule has 0 spiro atoms. The molecule has 10 heteroatoms. The number of benzene rings is 3. The fourth-order valence-corrected chi connectivity index (χ4v) is 5.18. The summed E-state index contributed by atoms with van der Waals surface area (Å²) in [6.07, 6.45) is 0. The van der Waals surface area contributed by atoms with Crippen LogP contribution >= 0.6 is 58.0 Å². The SMILES string of the molecule is Cc1c(Cl)cc([C@H]2[C@H](C(=O)Nc3ccc(Cl)c(C(=O)Nc4ccc(F)cc4)c3)C2(Cl)Cl)cc1Cl. The zero-order valence-corrected chi connectivity index (χ0v) is 21.2. The summed E-state index contributed by atoms with van der Waals surface area (Å²) in [6, 6.07) is 13.1. The molecule has 1 aliphatic rings. The van der Waals surface area contributed by atoms with Crippen LogP contribution in [-0.2, 0) is 4.79 Å². The fourth-order valence-electron chi connectivity index (χ4n) is 3.64. The Morgan fingerprint density at radius 1 is 0.853 bits per heavy atom. The summed E-state index contributed by atoms with van der Waals surface area (Å²) < 4.78 is 11.8. The molecule has 4 nitrogen and oxygen atoms in total. The molecule has 0 heterocycles. The van der Waals surface area contributed by atoms with Crippen molar-refractivity contribution in [1.29, 1.82) is 0 Å². The van der Waals surface area contributed by atoms with Crippen molar-refractivity contribution in [2.75, 3.05) is 10.6 Å². The third-order valence-corrected chi connectivity index (χ3v) is 7.63. The molecule has 3 aromatic carbocycles. The van der Waals surface area contributed by atoms with Gasteiger partial charge in [0.2, 0.25) is 5.91 Å². The minimum atomic E-state index is -1.35. The van der Waals surface area contributed by atoms with Crippen LogP contribution in [0.4, 0.5) is 15.8 Å². The van der Waals surface area contributed by atoms with E-state index in [2.05, 4.69) is 10.6 Å². The largest absolute Gasteiger partial charge is 0.326 e. The van der Waals surface area contributed by atoms with E-state index >= 15 is 0 Å². The van der Waals surface area contributed by atoms with Crippen LogP contribution in [0.5, 0.6) is 0 Å². The van der Waals surface area contributed by atoms with E-state index in [4.69, 9.17) is 58.0 Å². The molecular weight excluding hydrogens is 545 g/mol. The van der Waals surface area contributed by atoms with Gasteiger partial charge in [-0.15, -0.1) is 23.2 Å². The Labute approximate surface area is 220 Å². The van der Waals surface area contributed by atoms with Crippen molar-refractivity contribution in [3.8, 4) is 0 Å². The molecule has 0 bridgehead atoms. The van der Waals surface area contributed by atoms with Crippen molar-refractivity contribution in [2.45, 2.75) is 17.2 Å². The first-order valence-corrected chi connectivity index (χ1v) is 11.9. The lowest BCUT2D eigenvalue weighted by Crippen LogP contribution is -2.18. The van der Waals surface area contributed by atoms with Crippen LogP contribution in [0.15, 0.2) is 54.6 Å².